The molecule has 1 aliphatic rings. The van der Waals surface area contributed by atoms with E-state index in [1.54, 1.807) is 0 Å². The predicted molar refractivity (Wildman–Crippen MR) is 64.8 cm³/mol. The highest BCUT2D eigenvalue weighted by Crippen LogP contribution is 2.24. The first-order valence-corrected chi connectivity index (χ1v) is 6.03. The summed E-state index contributed by atoms with van der Waals surface area (Å²) in [5.41, 5.74) is 2.84. The fourth-order valence-corrected chi connectivity index (χ4v) is 2.46. The van der Waals surface area contributed by atoms with Gasteiger partial charge in [0, 0.05) is 12.6 Å². The van der Waals surface area contributed by atoms with Crippen molar-refractivity contribution in [1.82, 2.24) is 5.32 Å². The zero-order valence-electron chi connectivity index (χ0n) is 9.79. The Bertz CT molecular complexity index is 319. The summed E-state index contributed by atoms with van der Waals surface area (Å²) in [6, 6.07) is 9.40. The van der Waals surface area contributed by atoms with Gasteiger partial charge in [-0.05, 0) is 43.2 Å². The number of rotatable bonds is 3. The predicted octanol–water partition coefficient (Wildman–Crippen LogP) is 3.27. The molecule has 1 fully saturated rings. The maximum Gasteiger partial charge on any atom is 0.0210 e. The Morgan fingerprint density at radius 3 is 2.73 bits per heavy atom. The molecule has 1 aromatic rings. The van der Waals surface area contributed by atoms with E-state index in [0.29, 0.717) is 0 Å². The van der Waals surface area contributed by atoms with Crippen molar-refractivity contribution < 1.29 is 0 Å². The first kappa shape index (κ1) is 10.7. The maximum absolute atomic E-state index is 3.67. The van der Waals surface area contributed by atoms with Gasteiger partial charge in [0.2, 0.25) is 0 Å². The molecule has 1 aliphatic carbocycles. The zero-order valence-corrected chi connectivity index (χ0v) is 9.79. The Hall–Kier alpha value is -0.820. The van der Waals surface area contributed by atoms with Gasteiger partial charge in [0.15, 0.2) is 0 Å². The summed E-state index contributed by atoms with van der Waals surface area (Å²) in [4.78, 5) is 0. The highest BCUT2D eigenvalue weighted by molar-refractivity contribution is 5.25. The average Bonchev–Trinajstić information content (AvgIpc) is 2.63. The summed E-state index contributed by atoms with van der Waals surface area (Å²) >= 11 is 0. The minimum absolute atomic E-state index is 0.750. The molecule has 0 aromatic heterocycles. The highest BCUT2D eigenvalue weighted by atomic mass is 14.9. The fraction of sp³-hybridized carbons (Fsp3) is 0.571. The standard InChI is InChI=1S/C14H21N/c1-11-7-8-14(9-11)15-10-13-6-4-3-5-12(13)2/h3-6,11,14-15H,7-10H2,1-2H3/t11-,14-/m1/s1. The van der Waals surface area contributed by atoms with Crippen LogP contribution in [0, 0.1) is 12.8 Å². The van der Waals surface area contributed by atoms with Crippen molar-refractivity contribution in [3.63, 3.8) is 0 Å². The Morgan fingerprint density at radius 2 is 2.07 bits per heavy atom. The van der Waals surface area contributed by atoms with Crippen molar-refractivity contribution in [3.05, 3.63) is 35.4 Å². The highest BCUT2D eigenvalue weighted by Gasteiger charge is 2.20. The third-order valence-corrected chi connectivity index (χ3v) is 3.54. The van der Waals surface area contributed by atoms with Gasteiger partial charge in [-0.15, -0.1) is 0 Å². The van der Waals surface area contributed by atoms with Crippen LogP contribution in [0.1, 0.15) is 37.3 Å². The third kappa shape index (κ3) is 2.82. The number of aryl methyl sites for hydroxylation is 1. The first-order valence-electron chi connectivity index (χ1n) is 6.03. The van der Waals surface area contributed by atoms with E-state index in [4.69, 9.17) is 0 Å². The minimum Gasteiger partial charge on any atom is -0.310 e. The number of hydrogen-bond acceptors (Lipinski definition) is 1. The van der Waals surface area contributed by atoms with Gasteiger partial charge < -0.3 is 5.32 Å². The normalized spacial score (nSPS) is 25.7. The quantitative estimate of drug-likeness (QED) is 0.795. The van der Waals surface area contributed by atoms with Crippen molar-refractivity contribution in [2.24, 2.45) is 5.92 Å². The molecule has 0 saturated heterocycles. The van der Waals surface area contributed by atoms with Crippen LogP contribution in [0.4, 0.5) is 0 Å². The van der Waals surface area contributed by atoms with E-state index in [2.05, 4.69) is 43.4 Å². The molecule has 1 saturated carbocycles. The number of nitrogens with one attached hydrogen (secondary N) is 1. The topological polar surface area (TPSA) is 12.0 Å². The Morgan fingerprint density at radius 1 is 1.27 bits per heavy atom. The third-order valence-electron chi connectivity index (χ3n) is 3.54. The molecule has 2 atom stereocenters. The van der Waals surface area contributed by atoms with Crippen LogP contribution in [-0.2, 0) is 6.54 Å². The van der Waals surface area contributed by atoms with Gasteiger partial charge in [0.1, 0.15) is 0 Å². The molecule has 0 bridgehead atoms. The van der Waals surface area contributed by atoms with Crippen molar-refractivity contribution >= 4 is 0 Å². The van der Waals surface area contributed by atoms with Gasteiger partial charge >= 0.3 is 0 Å². The second-order valence-corrected chi connectivity index (χ2v) is 4.92. The molecular formula is C14H21N. The molecule has 1 aromatic carbocycles. The molecular weight excluding hydrogens is 182 g/mol. The van der Waals surface area contributed by atoms with Crippen LogP contribution in [0.25, 0.3) is 0 Å². The second kappa shape index (κ2) is 4.80. The smallest absolute Gasteiger partial charge is 0.0210 e. The Balaban J connectivity index is 1.86. The summed E-state index contributed by atoms with van der Waals surface area (Å²) in [5.74, 6) is 0.916. The van der Waals surface area contributed by atoms with E-state index < -0.39 is 0 Å². The Labute approximate surface area is 92.9 Å². The molecule has 1 N–H and O–H groups in total. The van der Waals surface area contributed by atoms with Gasteiger partial charge in [0.25, 0.3) is 0 Å². The minimum atomic E-state index is 0.750. The Kier molecular flexibility index (Phi) is 3.42. The molecule has 0 radical (unpaired) electrons. The lowest BCUT2D eigenvalue weighted by Crippen LogP contribution is -2.26. The molecule has 1 heteroatoms. The number of hydrogen-bond donors (Lipinski definition) is 1. The van der Waals surface area contributed by atoms with Crippen LogP contribution in [0.3, 0.4) is 0 Å². The van der Waals surface area contributed by atoms with Crippen LogP contribution in [0.2, 0.25) is 0 Å². The summed E-state index contributed by atoms with van der Waals surface area (Å²) < 4.78 is 0. The van der Waals surface area contributed by atoms with Crippen molar-refractivity contribution in [3.8, 4) is 0 Å². The van der Waals surface area contributed by atoms with Gasteiger partial charge in [0.05, 0.1) is 0 Å². The summed E-state index contributed by atoms with van der Waals surface area (Å²) in [6.07, 6.45) is 4.10. The zero-order chi connectivity index (χ0) is 10.7. The van der Waals surface area contributed by atoms with Crippen molar-refractivity contribution in [2.45, 2.75) is 45.7 Å². The molecule has 15 heavy (non-hydrogen) atoms. The molecule has 0 amide bonds. The van der Waals surface area contributed by atoms with Crippen LogP contribution in [0.15, 0.2) is 24.3 Å². The van der Waals surface area contributed by atoms with E-state index in [-0.39, 0.29) is 0 Å². The van der Waals surface area contributed by atoms with E-state index >= 15 is 0 Å². The lowest BCUT2D eigenvalue weighted by molar-refractivity contribution is 0.501. The van der Waals surface area contributed by atoms with Crippen molar-refractivity contribution in [1.29, 1.82) is 0 Å². The largest absolute Gasteiger partial charge is 0.310 e. The van der Waals surface area contributed by atoms with Gasteiger partial charge in [-0.2, -0.15) is 0 Å². The van der Waals surface area contributed by atoms with E-state index in [1.807, 2.05) is 0 Å². The van der Waals surface area contributed by atoms with Gasteiger partial charge in [-0.25, -0.2) is 0 Å². The molecule has 0 unspecified atom stereocenters. The molecule has 0 spiro atoms. The van der Waals surface area contributed by atoms with Crippen LogP contribution < -0.4 is 5.32 Å². The lowest BCUT2D eigenvalue weighted by atomic mass is 10.1. The average molecular weight is 203 g/mol. The fourth-order valence-electron chi connectivity index (χ4n) is 2.46. The van der Waals surface area contributed by atoms with E-state index in [1.165, 1.54) is 30.4 Å². The lowest BCUT2D eigenvalue weighted by Gasteiger charge is -2.13. The van der Waals surface area contributed by atoms with Crippen molar-refractivity contribution in [2.75, 3.05) is 0 Å². The van der Waals surface area contributed by atoms with Gasteiger partial charge in [-0.3, -0.25) is 0 Å². The van der Waals surface area contributed by atoms with Crippen LogP contribution in [-0.4, -0.2) is 6.04 Å². The second-order valence-electron chi connectivity index (χ2n) is 4.92. The molecule has 0 aliphatic heterocycles. The van der Waals surface area contributed by atoms with Gasteiger partial charge in [-0.1, -0.05) is 31.2 Å². The molecule has 0 heterocycles. The summed E-state index contributed by atoms with van der Waals surface area (Å²) in [6.45, 7) is 5.58. The van der Waals surface area contributed by atoms with Crippen LogP contribution >= 0.6 is 0 Å². The first-order chi connectivity index (χ1) is 7.25. The SMILES string of the molecule is Cc1ccccc1CN[C@@H]1CC[C@@H](C)C1. The number of benzene rings is 1. The molecule has 2 rings (SSSR count). The molecule has 82 valence electrons. The monoisotopic (exact) mass is 203 g/mol. The van der Waals surface area contributed by atoms with E-state index in [0.717, 1.165) is 18.5 Å². The summed E-state index contributed by atoms with van der Waals surface area (Å²) in [7, 11) is 0. The maximum atomic E-state index is 3.67. The van der Waals surface area contributed by atoms with E-state index in [9.17, 15) is 0 Å². The van der Waals surface area contributed by atoms with Crippen LogP contribution in [0.5, 0.6) is 0 Å². The molecule has 1 nitrogen and oxygen atoms in total. The summed E-state index contributed by atoms with van der Waals surface area (Å²) in [5, 5.41) is 3.67.